The summed E-state index contributed by atoms with van der Waals surface area (Å²) in [5, 5.41) is 2.71. The van der Waals surface area contributed by atoms with Crippen molar-refractivity contribution < 1.29 is 22.7 Å². The van der Waals surface area contributed by atoms with E-state index in [1.165, 1.54) is 24.3 Å². The number of esters is 1. The summed E-state index contributed by atoms with van der Waals surface area (Å²) in [4.78, 5) is 23.7. The Labute approximate surface area is 149 Å². The lowest BCUT2D eigenvalue weighted by molar-refractivity contribution is -0.119. The average molecular weight is 370 g/mol. The van der Waals surface area contributed by atoms with E-state index in [1.54, 1.807) is 6.92 Å². The number of anilines is 1. The molecule has 0 fully saturated rings. The minimum Gasteiger partial charge on any atom is -0.462 e. The summed E-state index contributed by atoms with van der Waals surface area (Å²) < 4.78 is 29.9. The number of amides is 1. The average Bonchev–Trinajstić information content (AvgIpc) is 2.51. The van der Waals surface area contributed by atoms with E-state index in [0.717, 1.165) is 17.0 Å². The van der Waals surface area contributed by atoms with E-state index in [-0.39, 0.29) is 19.1 Å². The molecule has 0 unspecified atom stereocenters. The van der Waals surface area contributed by atoms with Crippen LogP contribution >= 0.6 is 0 Å². The fraction of sp³-hybridized carbons (Fsp3) is 0.529. The van der Waals surface area contributed by atoms with E-state index < -0.39 is 16.0 Å². The normalized spacial score (nSPS) is 11.2. The Hall–Kier alpha value is -2.09. The van der Waals surface area contributed by atoms with Crippen molar-refractivity contribution in [3.05, 3.63) is 29.8 Å². The van der Waals surface area contributed by atoms with Gasteiger partial charge in [0.2, 0.25) is 15.9 Å². The van der Waals surface area contributed by atoms with Gasteiger partial charge in [-0.3, -0.25) is 9.10 Å². The maximum Gasteiger partial charge on any atom is 0.338 e. The van der Waals surface area contributed by atoms with Crippen molar-refractivity contribution in [2.24, 2.45) is 5.92 Å². The Kier molecular flexibility index (Phi) is 7.89. The molecule has 0 saturated heterocycles. The van der Waals surface area contributed by atoms with Crippen molar-refractivity contribution >= 4 is 27.6 Å². The number of carbonyl (C=O) groups is 2. The highest BCUT2D eigenvalue weighted by Gasteiger charge is 2.21. The lowest BCUT2D eigenvalue weighted by Gasteiger charge is -2.22. The molecule has 1 aromatic rings. The molecule has 1 rings (SSSR count). The topological polar surface area (TPSA) is 92.8 Å². The van der Waals surface area contributed by atoms with Gasteiger partial charge in [0.05, 0.1) is 24.1 Å². The predicted octanol–water partition coefficient (Wildman–Crippen LogP) is 1.79. The standard InChI is InChI=1S/C17H26N2O5S/c1-5-24-17(21)14-6-8-15(9-7-14)19(25(4,22)23)12-16(20)18-11-10-13(2)3/h6-9,13H,5,10-12H2,1-4H3,(H,18,20). The zero-order chi connectivity index (χ0) is 19.0. The van der Waals surface area contributed by atoms with Crippen LogP contribution in [0.3, 0.4) is 0 Å². The Balaban J connectivity index is 2.86. The van der Waals surface area contributed by atoms with Crippen LogP contribution < -0.4 is 9.62 Å². The molecule has 7 nitrogen and oxygen atoms in total. The molecule has 0 aliphatic rings. The van der Waals surface area contributed by atoms with Crippen LogP contribution in [0.4, 0.5) is 5.69 Å². The van der Waals surface area contributed by atoms with Gasteiger partial charge in [0.25, 0.3) is 0 Å². The Morgan fingerprint density at radius 3 is 2.28 bits per heavy atom. The highest BCUT2D eigenvalue weighted by molar-refractivity contribution is 7.92. The molecule has 0 atom stereocenters. The van der Waals surface area contributed by atoms with Gasteiger partial charge >= 0.3 is 5.97 Å². The summed E-state index contributed by atoms with van der Waals surface area (Å²) in [5.74, 6) is -0.409. The first-order valence-electron chi connectivity index (χ1n) is 8.16. The van der Waals surface area contributed by atoms with Crippen molar-refractivity contribution in [2.45, 2.75) is 27.2 Å². The second kappa shape index (κ2) is 9.41. The highest BCUT2D eigenvalue weighted by Crippen LogP contribution is 2.18. The summed E-state index contributed by atoms with van der Waals surface area (Å²) in [7, 11) is -3.64. The molecule has 1 N–H and O–H groups in total. The fourth-order valence-corrected chi connectivity index (χ4v) is 2.92. The van der Waals surface area contributed by atoms with Gasteiger partial charge in [-0.1, -0.05) is 13.8 Å². The smallest absolute Gasteiger partial charge is 0.338 e. The van der Waals surface area contributed by atoms with Crippen LogP contribution in [0.1, 0.15) is 37.6 Å². The molecule has 8 heteroatoms. The maximum atomic E-state index is 12.0. The highest BCUT2D eigenvalue weighted by atomic mass is 32.2. The Bertz CT molecular complexity index is 683. The van der Waals surface area contributed by atoms with E-state index in [9.17, 15) is 18.0 Å². The van der Waals surface area contributed by atoms with Gasteiger partial charge in [-0.15, -0.1) is 0 Å². The van der Waals surface area contributed by atoms with Crippen molar-refractivity contribution in [3.8, 4) is 0 Å². The first kappa shape index (κ1) is 21.0. The van der Waals surface area contributed by atoms with Crippen LogP contribution in [-0.4, -0.2) is 46.2 Å². The minimum absolute atomic E-state index is 0.257. The summed E-state index contributed by atoms with van der Waals surface area (Å²) >= 11 is 0. The molecule has 0 heterocycles. The van der Waals surface area contributed by atoms with Gasteiger partial charge in [-0.05, 0) is 43.5 Å². The van der Waals surface area contributed by atoms with Crippen molar-refractivity contribution in [1.82, 2.24) is 5.32 Å². The number of ether oxygens (including phenoxy) is 1. The Morgan fingerprint density at radius 1 is 1.20 bits per heavy atom. The third kappa shape index (κ3) is 7.13. The van der Waals surface area contributed by atoms with Gasteiger partial charge in [0.1, 0.15) is 6.54 Å². The molecule has 140 valence electrons. The number of hydrogen-bond acceptors (Lipinski definition) is 5. The summed E-state index contributed by atoms with van der Waals surface area (Å²) in [6.07, 6.45) is 1.85. The van der Waals surface area contributed by atoms with E-state index in [1.807, 2.05) is 13.8 Å². The van der Waals surface area contributed by atoms with Crippen LogP contribution in [0.5, 0.6) is 0 Å². The number of nitrogens with one attached hydrogen (secondary N) is 1. The van der Waals surface area contributed by atoms with Crippen molar-refractivity contribution in [1.29, 1.82) is 0 Å². The molecule has 0 bridgehead atoms. The number of nitrogens with zero attached hydrogens (tertiary/aromatic N) is 1. The van der Waals surface area contributed by atoms with Crippen LogP contribution in [0.2, 0.25) is 0 Å². The largest absolute Gasteiger partial charge is 0.462 e. The molecule has 0 spiro atoms. The second-order valence-electron chi connectivity index (χ2n) is 6.07. The fourth-order valence-electron chi connectivity index (χ4n) is 2.06. The first-order chi connectivity index (χ1) is 11.6. The number of benzene rings is 1. The van der Waals surface area contributed by atoms with Gasteiger partial charge in [-0.2, -0.15) is 0 Å². The molecular formula is C17H26N2O5S. The molecule has 1 amide bonds. The molecule has 0 radical (unpaired) electrons. The zero-order valence-corrected chi connectivity index (χ0v) is 15.9. The zero-order valence-electron chi connectivity index (χ0n) is 15.1. The van der Waals surface area contributed by atoms with Crippen LogP contribution in [-0.2, 0) is 19.6 Å². The van der Waals surface area contributed by atoms with Gasteiger partial charge in [0, 0.05) is 6.54 Å². The monoisotopic (exact) mass is 370 g/mol. The number of carbonyl (C=O) groups excluding carboxylic acids is 2. The van der Waals surface area contributed by atoms with E-state index >= 15 is 0 Å². The lowest BCUT2D eigenvalue weighted by atomic mass is 10.1. The minimum atomic E-state index is -3.64. The molecule has 1 aromatic carbocycles. The molecule has 0 saturated carbocycles. The van der Waals surface area contributed by atoms with Crippen LogP contribution in [0.25, 0.3) is 0 Å². The third-order valence-electron chi connectivity index (χ3n) is 3.40. The third-order valence-corrected chi connectivity index (χ3v) is 4.54. The molecule has 0 aliphatic carbocycles. The van der Waals surface area contributed by atoms with Gasteiger partial charge in [-0.25, -0.2) is 13.2 Å². The summed E-state index contributed by atoms with van der Waals surface area (Å²) in [6.45, 7) is 6.23. The molecule has 0 aliphatic heterocycles. The molecule has 25 heavy (non-hydrogen) atoms. The molecular weight excluding hydrogens is 344 g/mol. The number of rotatable bonds is 9. The second-order valence-corrected chi connectivity index (χ2v) is 7.98. The maximum absolute atomic E-state index is 12.0. The van der Waals surface area contributed by atoms with Gasteiger partial charge < -0.3 is 10.1 Å². The number of sulfonamides is 1. The molecule has 0 aromatic heterocycles. The lowest BCUT2D eigenvalue weighted by Crippen LogP contribution is -2.40. The SMILES string of the molecule is CCOC(=O)c1ccc(N(CC(=O)NCCC(C)C)S(C)(=O)=O)cc1. The van der Waals surface area contributed by atoms with E-state index in [2.05, 4.69) is 5.32 Å². The first-order valence-corrected chi connectivity index (χ1v) is 10.0. The quantitative estimate of drug-likeness (QED) is 0.669. The summed E-state index contributed by atoms with van der Waals surface area (Å²) in [6, 6.07) is 5.91. The van der Waals surface area contributed by atoms with E-state index in [4.69, 9.17) is 4.74 Å². The Morgan fingerprint density at radius 2 is 1.80 bits per heavy atom. The van der Waals surface area contributed by atoms with E-state index in [0.29, 0.717) is 23.7 Å². The predicted molar refractivity (Wildman–Crippen MR) is 97.1 cm³/mol. The number of hydrogen-bond donors (Lipinski definition) is 1. The van der Waals surface area contributed by atoms with Crippen LogP contribution in [0.15, 0.2) is 24.3 Å². The van der Waals surface area contributed by atoms with Crippen molar-refractivity contribution in [3.63, 3.8) is 0 Å². The van der Waals surface area contributed by atoms with Crippen molar-refractivity contribution in [2.75, 3.05) is 30.3 Å². The van der Waals surface area contributed by atoms with Crippen LogP contribution in [0, 0.1) is 5.92 Å². The van der Waals surface area contributed by atoms with Gasteiger partial charge in [0.15, 0.2) is 0 Å². The summed E-state index contributed by atoms with van der Waals surface area (Å²) in [5.41, 5.74) is 0.634.